The monoisotopic (exact) mass is 322 g/mol. The van der Waals surface area contributed by atoms with Gasteiger partial charge in [-0.25, -0.2) is 5.43 Å². The van der Waals surface area contributed by atoms with Crippen molar-refractivity contribution in [2.75, 3.05) is 6.61 Å². The highest BCUT2D eigenvalue weighted by molar-refractivity contribution is 7.11. The fourth-order valence-electron chi connectivity index (χ4n) is 1.70. The molecule has 0 saturated carbocycles. The van der Waals surface area contributed by atoms with E-state index in [1.165, 1.54) is 0 Å². The molecular formula is C15H15ClN2O2S. The second-order valence-electron chi connectivity index (χ2n) is 4.47. The molecule has 0 aliphatic heterocycles. The van der Waals surface area contributed by atoms with Gasteiger partial charge in [-0.15, -0.1) is 11.3 Å². The van der Waals surface area contributed by atoms with E-state index in [1.54, 1.807) is 29.7 Å². The number of ether oxygens (including phenoxy) is 1. The Morgan fingerprint density at radius 3 is 2.76 bits per heavy atom. The molecule has 0 fully saturated rings. The number of thiophene rings is 1. The van der Waals surface area contributed by atoms with Crippen molar-refractivity contribution in [2.45, 2.75) is 13.8 Å². The summed E-state index contributed by atoms with van der Waals surface area (Å²) in [6, 6.07) is 7.44. The molecule has 0 radical (unpaired) electrons. The molecular weight excluding hydrogens is 308 g/mol. The zero-order chi connectivity index (χ0) is 15.2. The summed E-state index contributed by atoms with van der Waals surface area (Å²) < 4.78 is 5.43. The van der Waals surface area contributed by atoms with Crippen molar-refractivity contribution in [3.63, 3.8) is 0 Å². The van der Waals surface area contributed by atoms with E-state index >= 15 is 0 Å². The van der Waals surface area contributed by atoms with Gasteiger partial charge in [-0.3, -0.25) is 4.79 Å². The number of aryl methyl sites for hydroxylation is 2. The first kappa shape index (κ1) is 15.5. The summed E-state index contributed by atoms with van der Waals surface area (Å²) in [6.07, 6.45) is 1.60. The zero-order valence-electron chi connectivity index (χ0n) is 11.7. The topological polar surface area (TPSA) is 50.7 Å². The Labute approximate surface area is 132 Å². The molecule has 0 spiro atoms. The molecule has 1 amide bonds. The number of amides is 1. The fourth-order valence-corrected chi connectivity index (χ4v) is 2.40. The van der Waals surface area contributed by atoms with Crippen LogP contribution in [0.3, 0.4) is 0 Å². The highest BCUT2D eigenvalue weighted by Gasteiger charge is 2.06. The van der Waals surface area contributed by atoms with E-state index in [4.69, 9.17) is 16.3 Å². The van der Waals surface area contributed by atoms with E-state index in [9.17, 15) is 4.79 Å². The number of nitrogens with one attached hydrogen (secondary N) is 1. The van der Waals surface area contributed by atoms with Crippen molar-refractivity contribution in [3.8, 4) is 5.75 Å². The van der Waals surface area contributed by atoms with Crippen LogP contribution in [-0.4, -0.2) is 18.7 Å². The lowest BCUT2D eigenvalue weighted by Gasteiger charge is -2.09. The molecule has 1 aromatic heterocycles. The number of carbonyl (C=O) groups excluding carboxylic acids is 1. The molecule has 6 heteroatoms. The minimum absolute atomic E-state index is 0.0949. The first-order valence-electron chi connectivity index (χ1n) is 6.31. The van der Waals surface area contributed by atoms with Crippen LogP contribution < -0.4 is 10.2 Å². The number of rotatable bonds is 5. The molecule has 21 heavy (non-hydrogen) atoms. The maximum Gasteiger partial charge on any atom is 0.277 e. The fraction of sp³-hybridized carbons (Fsp3) is 0.200. The van der Waals surface area contributed by atoms with E-state index in [-0.39, 0.29) is 12.5 Å². The Bertz CT molecular complexity index is 631. The number of carbonyl (C=O) groups is 1. The summed E-state index contributed by atoms with van der Waals surface area (Å²) in [5.41, 5.74) is 4.26. The van der Waals surface area contributed by atoms with Gasteiger partial charge in [-0.05, 0) is 48.6 Å². The molecule has 0 saturated heterocycles. The predicted molar refractivity (Wildman–Crippen MR) is 86.5 cm³/mol. The van der Waals surface area contributed by atoms with Gasteiger partial charge in [0, 0.05) is 9.90 Å². The Morgan fingerprint density at radius 2 is 2.14 bits per heavy atom. The normalized spacial score (nSPS) is 10.8. The number of hydrazone groups is 1. The maximum atomic E-state index is 11.6. The third kappa shape index (κ3) is 4.58. The number of hydrogen-bond acceptors (Lipinski definition) is 4. The summed E-state index contributed by atoms with van der Waals surface area (Å²) >= 11 is 7.62. The highest BCUT2D eigenvalue weighted by Crippen LogP contribution is 2.25. The van der Waals surface area contributed by atoms with Crippen LogP contribution in [0.5, 0.6) is 5.75 Å². The summed E-state index contributed by atoms with van der Waals surface area (Å²) in [5, 5.41) is 6.52. The van der Waals surface area contributed by atoms with E-state index in [1.807, 2.05) is 31.4 Å². The first-order valence-corrected chi connectivity index (χ1v) is 7.57. The lowest BCUT2D eigenvalue weighted by molar-refractivity contribution is -0.123. The van der Waals surface area contributed by atoms with Crippen molar-refractivity contribution >= 4 is 35.1 Å². The van der Waals surface area contributed by atoms with E-state index < -0.39 is 0 Å². The maximum absolute atomic E-state index is 11.6. The second-order valence-corrected chi connectivity index (χ2v) is 5.83. The summed E-state index contributed by atoms with van der Waals surface area (Å²) in [6.45, 7) is 3.70. The van der Waals surface area contributed by atoms with Crippen LogP contribution in [0.1, 0.15) is 16.0 Å². The van der Waals surface area contributed by atoms with Gasteiger partial charge in [-0.2, -0.15) is 5.10 Å². The molecule has 0 aliphatic carbocycles. The molecule has 2 rings (SSSR count). The Balaban J connectivity index is 1.84. The third-order valence-corrected chi connectivity index (χ3v) is 4.11. The molecule has 2 aromatic rings. The van der Waals surface area contributed by atoms with Gasteiger partial charge in [0.15, 0.2) is 6.61 Å². The average molecular weight is 323 g/mol. The van der Waals surface area contributed by atoms with Crippen molar-refractivity contribution in [2.24, 2.45) is 5.10 Å². The van der Waals surface area contributed by atoms with E-state index in [0.717, 1.165) is 16.0 Å². The number of halogens is 1. The molecule has 110 valence electrons. The molecule has 1 heterocycles. The number of nitrogens with zero attached hydrogens (tertiary/aromatic N) is 1. The highest BCUT2D eigenvalue weighted by atomic mass is 35.5. The van der Waals surface area contributed by atoms with Gasteiger partial charge < -0.3 is 4.74 Å². The Hall–Kier alpha value is -1.85. The number of hydrogen-bond donors (Lipinski definition) is 1. The van der Waals surface area contributed by atoms with Gasteiger partial charge in [-0.1, -0.05) is 17.7 Å². The SMILES string of the molecule is Cc1cc(OCC(=O)NN=Cc2cccs2)cc(C)c1Cl. The summed E-state index contributed by atoms with van der Waals surface area (Å²) in [7, 11) is 0. The minimum Gasteiger partial charge on any atom is -0.484 e. The van der Waals surface area contributed by atoms with Gasteiger partial charge in [0.1, 0.15) is 5.75 Å². The van der Waals surface area contributed by atoms with Crippen molar-refractivity contribution in [1.82, 2.24) is 5.43 Å². The lowest BCUT2D eigenvalue weighted by Crippen LogP contribution is -2.24. The number of benzene rings is 1. The average Bonchev–Trinajstić information content (AvgIpc) is 2.95. The van der Waals surface area contributed by atoms with Crippen LogP contribution in [0.15, 0.2) is 34.7 Å². The Kier molecular flexibility index (Phi) is 5.36. The standard InChI is InChI=1S/C15H15ClN2O2S/c1-10-6-12(7-11(2)15(10)16)20-9-14(19)18-17-8-13-4-3-5-21-13/h3-8H,9H2,1-2H3,(H,18,19). The molecule has 0 unspecified atom stereocenters. The summed E-state index contributed by atoms with van der Waals surface area (Å²) in [5.74, 6) is 0.305. The van der Waals surface area contributed by atoms with Gasteiger partial charge in [0.25, 0.3) is 5.91 Å². The zero-order valence-corrected chi connectivity index (χ0v) is 13.3. The summed E-state index contributed by atoms with van der Waals surface area (Å²) in [4.78, 5) is 12.6. The largest absolute Gasteiger partial charge is 0.484 e. The van der Waals surface area contributed by atoms with Crippen LogP contribution in [0.4, 0.5) is 0 Å². The smallest absolute Gasteiger partial charge is 0.277 e. The molecule has 4 nitrogen and oxygen atoms in total. The van der Waals surface area contributed by atoms with Crippen molar-refractivity contribution < 1.29 is 9.53 Å². The van der Waals surface area contributed by atoms with Crippen molar-refractivity contribution in [1.29, 1.82) is 0 Å². The molecule has 0 bridgehead atoms. The lowest BCUT2D eigenvalue weighted by atomic mass is 10.1. The van der Waals surface area contributed by atoms with E-state index in [0.29, 0.717) is 10.8 Å². The van der Waals surface area contributed by atoms with Crippen LogP contribution in [0.25, 0.3) is 0 Å². The Morgan fingerprint density at radius 1 is 1.43 bits per heavy atom. The molecule has 0 atom stereocenters. The second kappa shape index (κ2) is 7.24. The van der Waals surface area contributed by atoms with Crippen molar-refractivity contribution in [3.05, 3.63) is 50.7 Å². The van der Waals surface area contributed by atoms with Gasteiger partial charge in [0.2, 0.25) is 0 Å². The minimum atomic E-state index is -0.312. The molecule has 0 aliphatic rings. The van der Waals surface area contributed by atoms with Crippen LogP contribution >= 0.6 is 22.9 Å². The van der Waals surface area contributed by atoms with Crippen LogP contribution in [0.2, 0.25) is 5.02 Å². The van der Waals surface area contributed by atoms with Gasteiger partial charge >= 0.3 is 0 Å². The predicted octanol–water partition coefficient (Wildman–Crippen LogP) is 3.55. The van der Waals surface area contributed by atoms with Crippen LogP contribution in [-0.2, 0) is 4.79 Å². The third-order valence-electron chi connectivity index (χ3n) is 2.70. The van der Waals surface area contributed by atoms with Gasteiger partial charge in [0.05, 0.1) is 6.21 Å². The molecule has 1 aromatic carbocycles. The molecule has 1 N–H and O–H groups in total. The quantitative estimate of drug-likeness (QED) is 0.676. The first-order chi connectivity index (χ1) is 10.1. The van der Waals surface area contributed by atoms with E-state index in [2.05, 4.69) is 10.5 Å². The van der Waals surface area contributed by atoms with Crippen LogP contribution in [0, 0.1) is 13.8 Å².